The van der Waals surface area contributed by atoms with Crippen LogP contribution in [0, 0.1) is 0 Å². The van der Waals surface area contributed by atoms with Crippen LogP contribution in [0.3, 0.4) is 0 Å². The fourth-order valence-corrected chi connectivity index (χ4v) is 5.00. The minimum absolute atomic E-state index is 1.00. The molecule has 7 rings (SSSR count). The number of hydrogen-bond acceptors (Lipinski definition) is 1. The van der Waals surface area contributed by atoms with Crippen molar-refractivity contribution in [1.82, 2.24) is 4.98 Å². The molecular formula is C31H19N. The number of pyridine rings is 1. The van der Waals surface area contributed by atoms with Gasteiger partial charge in [-0.2, -0.15) is 0 Å². The monoisotopic (exact) mass is 405 g/mol. The van der Waals surface area contributed by atoms with Gasteiger partial charge in [0.05, 0.1) is 5.52 Å². The summed E-state index contributed by atoms with van der Waals surface area (Å²) in [6, 6.07) is 39.7. The summed E-state index contributed by atoms with van der Waals surface area (Å²) in [7, 11) is 0. The first kappa shape index (κ1) is 17.5. The van der Waals surface area contributed by atoms with Gasteiger partial charge in [0.2, 0.25) is 0 Å². The Morgan fingerprint density at radius 2 is 0.875 bits per heavy atom. The number of nitrogens with zero attached hydrogens (tertiary/aromatic N) is 1. The second-order valence-corrected chi connectivity index (χ2v) is 8.50. The van der Waals surface area contributed by atoms with E-state index in [1.807, 2.05) is 6.20 Å². The molecule has 7 aromatic rings. The van der Waals surface area contributed by atoms with Crippen molar-refractivity contribution in [2.75, 3.05) is 0 Å². The second kappa shape index (κ2) is 6.63. The van der Waals surface area contributed by atoms with E-state index in [9.17, 15) is 0 Å². The fourth-order valence-electron chi connectivity index (χ4n) is 5.00. The van der Waals surface area contributed by atoms with Gasteiger partial charge in [-0.1, -0.05) is 84.9 Å². The first-order valence-corrected chi connectivity index (χ1v) is 11.0. The highest BCUT2D eigenvalue weighted by Crippen LogP contribution is 2.30. The number of benzene rings is 5. The highest BCUT2D eigenvalue weighted by atomic mass is 14.6. The quantitative estimate of drug-likeness (QED) is 0.246. The SMILES string of the molecule is c1cc2cc(c1)c1cccc3ccc(cc31)c1cccc(c1)c1cccc3cnc2cc31. The van der Waals surface area contributed by atoms with Crippen molar-refractivity contribution in [2.24, 2.45) is 0 Å². The third-order valence-corrected chi connectivity index (χ3v) is 6.62. The van der Waals surface area contributed by atoms with Crippen LogP contribution in [0.5, 0.6) is 0 Å². The lowest BCUT2D eigenvalue weighted by atomic mass is 9.99. The molecule has 0 amide bonds. The molecule has 1 heterocycles. The molecular weight excluding hydrogens is 386 g/mol. The molecule has 0 spiro atoms. The average Bonchev–Trinajstić information content (AvgIpc) is 2.87. The third-order valence-electron chi connectivity index (χ3n) is 6.62. The van der Waals surface area contributed by atoms with Crippen molar-refractivity contribution in [2.45, 2.75) is 0 Å². The molecule has 1 heteroatoms. The first-order chi connectivity index (χ1) is 15.8. The summed E-state index contributed by atoms with van der Waals surface area (Å²) in [5, 5.41) is 13.5. The van der Waals surface area contributed by atoms with Gasteiger partial charge in [-0.3, -0.25) is 4.98 Å². The molecule has 0 aliphatic carbocycles. The van der Waals surface area contributed by atoms with Crippen LogP contribution in [0.4, 0.5) is 0 Å². The number of fused-ring (bicyclic) bond motifs is 10. The second-order valence-electron chi connectivity index (χ2n) is 8.50. The third kappa shape index (κ3) is 2.61. The normalized spacial score (nSPS) is 11.8. The predicted octanol–water partition coefficient (Wildman–Crippen LogP) is 8.56. The maximum Gasteiger partial charge on any atom is 0.0708 e. The molecule has 0 aliphatic heterocycles. The summed E-state index contributed by atoms with van der Waals surface area (Å²) >= 11 is 0. The highest BCUT2D eigenvalue weighted by Gasteiger charge is 2.04. The minimum atomic E-state index is 1.00. The van der Waals surface area contributed by atoms with E-state index in [0.717, 1.165) is 16.3 Å². The van der Waals surface area contributed by atoms with Gasteiger partial charge < -0.3 is 0 Å². The lowest BCUT2D eigenvalue weighted by Gasteiger charge is -2.06. The molecule has 148 valence electrons. The Labute approximate surface area is 185 Å². The van der Waals surface area contributed by atoms with Crippen LogP contribution in [0.25, 0.3) is 64.8 Å². The van der Waals surface area contributed by atoms with Gasteiger partial charge in [0.1, 0.15) is 0 Å². The molecule has 0 atom stereocenters. The molecule has 6 aromatic carbocycles. The zero-order valence-electron chi connectivity index (χ0n) is 17.4. The molecule has 0 saturated heterocycles. The van der Waals surface area contributed by atoms with E-state index in [4.69, 9.17) is 4.98 Å². The highest BCUT2D eigenvalue weighted by molar-refractivity contribution is 6.12. The van der Waals surface area contributed by atoms with Gasteiger partial charge in [0.15, 0.2) is 0 Å². The van der Waals surface area contributed by atoms with Crippen molar-refractivity contribution < 1.29 is 0 Å². The lowest BCUT2D eigenvalue weighted by Crippen LogP contribution is -1.82. The van der Waals surface area contributed by atoms with Gasteiger partial charge in [-0.25, -0.2) is 0 Å². The van der Waals surface area contributed by atoms with E-state index in [0.29, 0.717) is 0 Å². The summed E-state index contributed by atoms with van der Waals surface area (Å²) in [4.78, 5) is 4.82. The molecule has 0 radical (unpaired) electrons. The van der Waals surface area contributed by atoms with E-state index in [-0.39, 0.29) is 0 Å². The zero-order chi connectivity index (χ0) is 21.1. The molecule has 1 aromatic heterocycles. The van der Waals surface area contributed by atoms with Gasteiger partial charge in [-0.15, -0.1) is 0 Å². The van der Waals surface area contributed by atoms with Crippen LogP contribution in [0.15, 0.2) is 115 Å². The Balaban J connectivity index is 1.84. The molecule has 8 bridgehead atoms. The minimum Gasteiger partial charge on any atom is -0.256 e. The van der Waals surface area contributed by atoms with Crippen molar-refractivity contribution in [3.63, 3.8) is 0 Å². The van der Waals surface area contributed by atoms with E-state index in [1.165, 1.54) is 48.5 Å². The van der Waals surface area contributed by atoms with Crippen molar-refractivity contribution in [1.29, 1.82) is 0 Å². The molecule has 0 fully saturated rings. The predicted molar refractivity (Wildman–Crippen MR) is 138 cm³/mol. The topological polar surface area (TPSA) is 12.9 Å². The average molecular weight is 406 g/mol. The van der Waals surface area contributed by atoms with Gasteiger partial charge in [0, 0.05) is 17.0 Å². The number of rotatable bonds is 0. The lowest BCUT2D eigenvalue weighted by molar-refractivity contribution is 1.45. The van der Waals surface area contributed by atoms with E-state index in [1.54, 1.807) is 0 Å². The molecule has 32 heavy (non-hydrogen) atoms. The Kier molecular flexibility index (Phi) is 3.62. The summed E-state index contributed by atoms with van der Waals surface area (Å²) in [6.45, 7) is 0. The first-order valence-electron chi connectivity index (χ1n) is 11.0. The molecule has 0 unspecified atom stereocenters. The molecule has 0 N–H and O–H groups in total. The summed E-state index contributed by atoms with van der Waals surface area (Å²) in [6.07, 6.45) is 2.00. The molecule has 0 aliphatic rings. The van der Waals surface area contributed by atoms with Crippen LogP contribution in [0.2, 0.25) is 0 Å². The number of aromatic nitrogens is 1. The summed E-state index contributed by atoms with van der Waals surface area (Å²) in [5.74, 6) is 0. The maximum atomic E-state index is 4.82. The van der Waals surface area contributed by atoms with Crippen molar-refractivity contribution in [3.8, 4) is 0 Å². The molecule has 1 nitrogen and oxygen atoms in total. The van der Waals surface area contributed by atoms with Crippen LogP contribution in [-0.2, 0) is 0 Å². The van der Waals surface area contributed by atoms with E-state index in [2.05, 4.69) is 109 Å². The van der Waals surface area contributed by atoms with Crippen molar-refractivity contribution in [3.05, 3.63) is 115 Å². The van der Waals surface area contributed by atoms with Gasteiger partial charge >= 0.3 is 0 Å². The summed E-state index contributed by atoms with van der Waals surface area (Å²) in [5.41, 5.74) is 1.00. The Morgan fingerprint density at radius 1 is 0.344 bits per heavy atom. The Bertz CT molecular complexity index is 1740. The van der Waals surface area contributed by atoms with Crippen LogP contribution >= 0.6 is 0 Å². The number of hydrogen-bond donors (Lipinski definition) is 0. The van der Waals surface area contributed by atoms with Crippen LogP contribution in [0.1, 0.15) is 0 Å². The van der Waals surface area contributed by atoms with Crippen molar-refractivity contribution >= 4 is 64.8 Å². The summed E-state index contributed by atoms with van der Waals surface area (Å²) < 4.78 is 0. The molecule has 0 saturated carbocycles. The van der Waals surface area contributed by atoms with Gasteiger partial charge in [0.25, 0.3) is 0 Å². The smallest absolute Gasteiger partial charge is 0.0708 e. The van der Waals surface area contributed by atoms with E-state index < -0.39 is 0 Å². The Hall–Kier alpha value is -4.23. The largest absolute Gasteiger partial charge is 0.256 e. The fraction of sp³-hybridized carbons (Fsp3) is 0. The Morgan fingerprint density at radius 3 is 1.69 bits per heavy atom. The van der Waals surface area contributed by atoms with Crippen LogP contribution < -0.4 is 0 Å². The zero-order valence-corrected chi connectivity index (χ0v) is 17.4. The van der Waals surface area contributed by atoms with Crippen LogP contribution in [-0.4, -0.2) is 4.98 Å². The van der Waals surface area contributed by atoms with E-state index >= 15 is 0 Å². The maximum absolute atomic E-state index is 4.82. The van der Waals surface area contributed by atoms with Gasteiger partial charge in [-0.05, 0) is 72.7 Å². The standard InChI is InChI=1S/C31H19N/c1-6-21-15-23(7-1)28-12-4-10-26-19-32-31(18-30(26)28)25-9-2-8-24(16-25)27-11-3-5-20-13-14-22(21)17-29(20)27/h1-19H.